The highest BCUT2D eigenvalue weighted by molar-refractivity contribution is 5.91. The second-order valence-corrected chi connectivity index (χ2v) is 5.74. The maximum absolute atomic E-state index is 12.3. The Labute approximate surface area is 114 Å². The van der Waals surface area contributed by atoms with Gasteiger partial charge in [0.1, 0.15) is 5.76 Å². The Balaban J connectivity index is 1.56. The standard InChI is InChI=1S/C15H22N2O2/c1-11-4-5-14(19-11)15(18)17-9-6-12(7-10-17)13-3-2-8-16-13/h4-5,12-13,16H,2-3,6-10H2,1H3. The average Bonchev–Trinajstić information content (AvgIpc) is 3.09. The molecule has 1 aromatic rings. The summed E-state index contributed by atoms with van der Waals surface area (Å²) in [6.45, 7) is 4.76. The number of nitrogens with zero attached hydrogens (tertiary/aromatic N) is 1. The van der Waals surface area contributed by atoms with E-state index in [4.69, 9.17) is 4.42 Å². The van der Waals surface area contributed by atoms with Gasteiger partial charge in [-0.25, -0.2) is 0 Å². The maximum Gasteiger partial charge on any atom is 0.289 e. The van der Waals surface area contributed by atoms with Crippen molar-refractivity contribution in [2.75, 3.05) is 19.6 Å². The van der Waals surface area contributed by atoms with Crippen molar-refractivity contribution in [1.29, 1.82) is 0 Å². The number of hydrogen-bond acceptors (Lipinski definition) is 3. The predicted molar refractivity (Wildman–Crippen MR) is 73.1 cm³/mol. The highest BCUT2D eigenvalue weighted by atomic mass is 16.3. The van der Waals surface area contributed by atoms with Crippen LogP contribution in [-0.2, 0) is 0 Å². The minimum atomic E-state index is 0.0472. The summed E-state index contributed by atoms with van der Waals surface area (Å²) in [6.07, 6.45) is 4.83. The molecule has 1 N–H and O–H groups in total. The topological polar surface area (TPSA) is 45.5 Å². The number of amides is 1. The third-order valence-electron chi connectivity index (χ3n) is 4.45. The lowest BCUT2D eigenvalue weighted by Crippen LogP contribution is -2.43. The molecule has 4 nitrogen and oxygen atoms in total. The smallest absolute Gasteiger partial charge is 0.289 e. The van der Waals surface area contributed by atoms with Crippen LogP contribution < -0.4 is 5.32 Å². The number of rotatable bonds is 2. The van der Waals surface area contributed by atoms with Gasteiger partial charge in [0.2, 0.25) is 0 Å². The molecule has 1 unspecified atom stereocenters. The summed E-state index contributed by atoms with van der Waals surface area (Å²) in [5.74, 6) is 2.07. The van der Waals surface area contributed by atoms with E-state index >= 15 is 0 Å². The fourth-order valence-corrected chi connectivity index (χ4v) is 3.32. The minimum Gasteiger partial charge on any atom is -0.456 e. The molecule has 4 heteroatoms. The molecule has 3 heterocycles. The molecule has 0 aliphatic carbocycles. The van der Waals surface area contributed by atoms with Gasteiger partial charge in [-0.2, -0.15) is 0 Å². The fraction of sp³-hybridized carbons (Fsp3) is 0.667. The Hall–Kier alpha value is -1.29. The molecule has 1 aromatic heterocycles. The van der Waals surface area contributed by atoms with Crippen molar-refractivity contribution in [2.45, 2.75) is 38.6 Å². The molecule has 1 amide bonds. The van der Waals surface area contributed by atoms with Crippen LogP contribution in [0.4, 0.5) is 0 Å². The van der Waals surface area contributed by atoms with Crippen LogP contribution in [0.15, 0.2) is 16.5 Å². The van der Waals surface area contributed by atoms with Crippen LogP contribution in [-0.4, -0.2) is 36.5 Å². The van der Waals surface area contributed by atoms with Crippen molar-refractivity contribution >= 4 is 5.91 Å². The zero-order valence-electron chi connectivity index (χ0n) is 11.5. The summed E-state index contributed by atoms with van der Waals surface area (Å²) >= 11 is 0. The maximum atomic E-state index is 12.3. The Kier molecular flexibility index (Phi) is 3.60. The minimum absolute atomic E-state index is 0.0472. The zero-order chi connectivity index (χ0) is 13.2. The van der Waals surface area contributed by atoms with Gasteiger partial charge in [-0.05, 0) is 57.2 Å². The quantitative estimate of drug-likeness (QED) is 0.888. The van der Waals surface area contributed by atoms with Crippen LogP contribution >= 0.6 is 0 Å². The van der Waals surface area contributed by atoms with Gasteiger partial charge in [0.25, 0.3) is 5.91 Å². The van der Waals surface area contributed by atoms with Crippen LogP contribution in [0.1, 0.15) is 42.0 Å². The molecule has 0 saturated carbocycles. The third-order valence-corrected chi connectivity index (χ3v) is 4.45. The van der Waals surface area contributed by atoms with Crippen LogP contribution in [0, 0.1) is 12.8 Å². The second kappa shape index (κ2) is 5.37. The molecular weight excluding hydrogens is 240 g/mol. The van der Waals surface area contributed by atoms with E-state index in [1.165, 1.54) is 12.8 Å². The van der Waals surface area contributed by atoms with Crippen molar-refractivity contribution < 1.29 is 9.21 Å². The van der Waals surface area contributed by atoms with Crippen molar-refractivity contribution in [3.63, 3.8) is 0 Å². The van der Waals surface area contributed by atoms with Gasteiger partial charge >= 0.3 is 0 Å². The second-order valence-electron chi connectivity index (χ2n) is 5.74. The van der Waals surface area contributed by atoms with Gasteiger partial charge < -0.3 is 14.6 Å². The van der Waals surface area contributed by atoms with E-state index < -0.39 is 0 Å². The van der Waals surface area contributed by atoms with Gasteiger partial charge in [0, 0.05) is 19.1 Å². The summed E-state index contributed by atoms with van der Waals surface area (Å²) < 4.78 is 5.42. The molecule has 3 rings (SSSR count). The van der Waals surface area contributed by atoms with E-state index in [0.29, 0.717) is 11.8 Å². The number of carbonyl (C=O) groups is 1. The summed E-state index contributed by atoms with van der Waals surface area (Å²) in [5, 5.41) is 3.58. The normalized spacial score (nSPS) is 24.9. The third kappa shape index (κ3) is 2.68. The van der Waals surface area contributed by atoms with E-state index in [2.05, 4.69) is 5.32 Å². The largest absolute Gasteiger partial charge is 0.456 e. The van der Waals surface area contributed by atoms with Gasteiger partial charge in [-0.1, -0.05) is 0 Å². The Morgan fingerprint density at radius 1 is 1.32 bits per heavy atom. The highest BCUT2D eigenvalue weighted by Gasteiger charge is 2.30. The number of carbonyl (C=O) groups excluding carboxylic acids is 1. The molecule has 2 saturated heterocycles. The number of likely N-dealkylation sites (tertiary alicyclic amines) is 1. The molecule has 1 atom stereocenters. The highest BCUT2D eigenvalue weighted by Crippen LogP contribution is 2.26. The average molecular weight is 262 g/mol. The molecule has 2 aliphatic rings. The molecule has 0 radical (unpaired) electrons. The van der Waals surface area contributed by atoms with Crippen molar-refractivity contribution in [3.8, 4) is 0 Å². The van der Waals surface area contributed by atoms with Gasteiger partial charge in [-0.15, -0.1) is 0 Å². The molecule has 19 heavy (non-hydrogen) atoms. The van der Waals surface area contributed by atoms with Crippen LogP contribution in [0.2, 0.25) is 0 Å². The predicted octanol–water partition coefficient (Wildman–Crippen LogP) is 2.19. The van der Waals surface area contributed by atoms with E-state index in [-0.39, 0.29) is 5.91 Å². The summed E-state index contributed by atoms with van der Waals surface area (Å²) in [6, 6.07) is 4.31. The first-order valence-corrected chi connectivity index (χ1v) is 7.33. The Morgan fingerprint density at radius 3 is 2.68 bits per heavy atom. The number of hydrogen-bond donors (Lipinski definition) is 1. The van der Waals surface area contributed by atoms with Gasteiger partial charge in [-0.3, -0.25) is 4.79 Å². The molecule has 0 bridgehead atoms. The van der Waals surface area contributed by atoms with Crippen molar-refractivity contribution in [3.05, 3.63) is 23.7 Å². The van der Waals surface area contributed by atoms with Crippen LogP contribution in [0.3, 0.4) is 0 Å². The number of piperidine rings is 1. The Bertz CT molecular complexity index is 441. The van der Waals surface area contributed by atoms with E-state index in [1.807, 2.05) is 17.9 Å². The van der Waals surface area contributed by atoms with E-state index in [0.717, 1.165) is 44.2 Å². The molecule has 2 fully saturated rings. The van der Waals surface area contributed by atoms with E-state index in [1.54, 1.807) is 6.07 Å². The lowest BCUT2D eigenvalue weighted by Gasteiger charge is -2.34. The monoisotopic (exact) mass is 262 g/mol. The fourth-order valence-electron chi connectivity index (χ4n) is 3.32. The van der Waals surface area contributed by atoms with Crippen molar-refractivity contribution in [2.24, 2.45) is 5.92 Å². The number of nitrogens with one attached hydrogen (secondary N) is 1. The summed E-state index contributed by atoms with van der Waals surface area (Å²) in [7, 11) is 0. The molecule has 0 aromatic carbocycles. The molecule has 104 valence electrons. The van der Waals surface area contributed by atoms with Gasteiger partial charge in [0.05, 0.1) is 0 Å². The number of aryl methyl sites for hydroxylation is 1. The molecule has 0 spiro atoms. The lowest BCUT2D eigenvalue weighted by atomic mass is 9.88. The van der Waals surface area contributed by atoms with Gasteiger partial charge in [0.15, 0.2) is 5.76 Å². The van der Waals surface area contributed by atoms with Crippen LogP contribution in [0.5, 0.6) is 0 Å². The van der Waals surface area contributed by atoms with Crippen molar-refractivity contribution in [1.82, 2.24) is 10.2 Å². The molecular formula is C15H22N2O2. The summed E-state index contributed by atoms with van der Waals surface area (Å²) in [5.41, 5.74) is 0. The Morgan fingerprint density at radius 2 is 2.11 bits per heavy atom. The lowest BCUT2D eigenvalue weighted by molar-refractivity contribution is 0.0641. The summed E-state index contributed by atoms with van der Waals surface area (Å²) in [4.78, 5) is 14.2. The first-order valence-electron chi connectivity index (χ1n) is 7.33. The zero-order valence-corrected chi connectivity index (χ0v) is 11.5. The molecule has 2 aliphatic heterocycles. The van der Waals surface area contributed by atoms with Crippen LogP contribution in [0.25, 0.3) is 0 Å². The van der Waals surface area contributed by atoms with E-state index in [9.17, 15) is 4.79 Å². The first-order chi connectivity index (χ1) is 9.24. The number of furan rings is 1. The SMILES string of the molecule is Cc1ccc(C(=O)N2CCC(C3CCCN3)CC2)o1. The first kappa shape index (κ1) is 12.7.